The van der Waals surface area contributed by atoms with Gasteiger partial charge in [-0.25, -0.2) is 10.2 Å². The van der Waals surface area contributed by atoms with Gasteiger partial charge in [-0.15, -0.1) is 10.2 Å². The van der Waals surface area contributed by atoms with Gasteiger partial charge in [-0.2, -0.15) is 5.10 Å². The number of carbonyl (C=O) groups excluding carboxylic acids is 3. The number of hydrazone groups is 1. The van der Waals surface area contributed by atoms with Gasteiger partial charge in [0.25, 0.3) is 0 Å². The number of nitrogens with zero attached hydrogens (tertiary/aromatic N) is 3. The Bertz CT molecular complexity index is 1390. The number of ether oxygens (including phenoxy) is 1. The van der Waals surface area contributed by atoms with Crippen molar-refractivity contribution in [2.75, 3.05) is 5.32 Å². The third-order valence-corrected chi connectivity index (χ3v) is 6.02. The van der Waals surface area contributed by atoms with Crippen LogP contribution in [0.1, 0.15) is 15.9 Å². The van der Waals surface area contributed by atoms with E-state index in [9.17, 15) is 14.4 Å². The van der Waals surface area contributed by atoms with Crippen molar-refractivity contribution in [2.45, 2.75) is 0 Å². The van der Waals surface area contributed by atoms with E-state index >= 15 is 0 Å². The largest absolute Gasteiger partial charge is 0.423 e. The summed E-state index contributed by atoms with van der Waals surface area (Å²) in [6.07, 6.45) is 1.35. The molecule has 174 valence electrons. The van der Waals surface area contributed by atoms with Crippen LogP contribution in [0, 0.1) is 0 Å². The number of hydrogen-bond donors (Lipinski definition) is 2. The zero-order valence-corrected chi connectivity index (χ0v) is 20.2. The van der Waals surface area contributed by atoms with Crippen LogP contribution in [0.4, 0.5) is 5.13 Å². The van der Waals surface area contributed by atoms with Crippen LogP contribution in [0.25, 0.3) is 10.6 Å². The maximum atomic E-state index is 12.3. The fourth-order valence-corrected chi connectivity index (χ4v) is 3.94. The number of anilines is 1. The molecule has 1 heterocycles. The van der Waals surface area contributed by atoms with E-state index in [-0.39, 0.29) is 5.13 Å². The van der Waals surface area contributed by atoms with Crippen molar-refractivity contribution in [3.05, 3.63) is 94.5 Å². The van der Waals surface area contributed by atoms with Crippen LogP contribution in [-0.2, 0) is 9.59 Å². The van der Waals surface area contributed by atoms with Gasteiger partial charge in [-0.3, -0.25) is 14.9 Å². The van der Waals surface area contributed by atoms with Crippen LogP contribution in [0.2, 0.25) is 0 Å². The van der Waals surface area contributed by atoms with E-state index in [2.05, 4.69) is 42.0 Å². The molecule has 2 amide bonds. The van der Waals surface area contributed by atoms with E-state index in [0.717, 1.165) is 16.9 Å². The van der Waals surface area contributed by atoms with Crippen LogP contribution in [0.3, 0.4) is 0 Å². The summed E-state index contributed by atoms with van der Waals surface area (Å²) in [5.74, 6) is -2.04. The molecule has 35 heavy (non-hydrogen) atoms. The highest BCUT2D eigenvalue weighted by Crippen LogP contribution is 2.25. The summed E-state index contributed by atoms with van der Waals surface area (Å²) in [6.45, 7) is 0. The summed E-state index contributed by atoms with van der Waals surface area (Å²) in [5.41, 5.74) is 4.02. The summed E-state index contributed by atoms with van der Waals surface area (Å²) >= 11 is 4.46. The number of rotatable bonds is 6. The van der Waals surface area contributed by atoms with Crippen molar-refractivity contribution in [3.8, 4) is 16.3 Å². The fraction of sp³-hybridized carbons (Fsp3) is 0. The Morgan fingerprint density at radius 3 is 2.34 bits per heavy atom. The van der Waals surface area contributed by atoms with Crippen LogP contribution in [-0.4, -0.2) is 34.2 Å². The lowest BCUT2D eigenvalue weighted by molar-refractivity contribution is -0.136. The molecule has 0 aliphatic rings. The van der Waals surface area contributed by atoms with E-state index in [1.54, 1.807) is 48.5 Å². The average Bonchev–Trinajstić information content (AvgIpc) is 3.34. The normalized spacial score (nSPS) is 10.7. The summed E-state index contributed by atoms with van der Waals surface area (Å²) in [4.78, 5) is 36.4. The maximum absolute atomic E-state index is 12.3. The Morgan fingerprint density at radius 2 is 1.60 bits per heavy atom. The van der Waals surface area contributed by atoms with Crippen LogP contribution in [0.15, 0.2) is 88.4 Å². The predicted octanol–water partition coefficient (Wildman–Crippen LogP) is 4.28. The second-order valence-electron chi connectivity index (χ2n) is 6.87. The van der Waals surface area contributed by atoms with E-state index < -0.39 is 17.8 Å². The maximum Gasteiger partial charge on any atom is 0.344 e. The first-order valence-electron chi connectivity index (χ1n) is 10.1. The standard InChI is InChI=1S/C24H16BrN5O4S/c25-19-9-5-4-8-18(19)23(33)34-17-12-10-15(11-13-17)14-26-28-21(32)20(31)27-24-30-29-22(35-24)16-6-2-1-3-7-16/h1-14H,(H,28,32)(H,27,30,31). The molecule has 0 saturated carbocycles. The van der Waals surface area contributed by atoms with Crippen LogP contribution < -0.4 is 15.5 Å². The van der Waals surface area contributed by atoms with Crippen molar-refractivity contribution in [1.82, 2.24) is 15.6 Å². The Morgan fingerprint density at radius 1 is 0.886 bits per heavy atom. The van der Waals surface area contributed by atoms with Crippen molar-refractivity contribution in [2.24, 2.45) is 5.10 Å². The lowest BCUT2D eigenvalue weighted by atomic mass is 10.2. The number of nitrogens with one attached hydrogen (secondary N) is 2. The van der Waals surface area contributed by atoms with E-state index in [0.29, 0.717) is 26.4 Å². The van der Waals surface area contributed by atoms with Crippen LogP contribution >= 0.6 is 27.3 Å². The van der Waals surface area contributed by atoms with E-state index in [1.165, 1.54) is 6.21 Å². The Labute approximate surface area is 212 Å². The minimum absolute atomic E-state index is 0.195. The number of halogens is 1. The van der Waals surface area contributed by atoms with Gasteiger partial charge >= 0.3 is 17.8 Å². The summed E-state index contributed by atoms with van der Waals surface area (Å²) < 4.78 is 5.99. The SMILES string of the molecule is O=C(NN=Cc1ccc(OC(=O)c2ccccc2Br)cc1)C(=O)Nc1nnc(-c2ccccc2)s1. The fourth-order valence-electron chi connectivity index (χ4n) is 2.75. The summed E-state index contributed by atoms with van der Waals surface area (Å²) in [7, 11) is 0. The van der Waals surface area contributed by atoms with Gasteiger partial charge in [0.1, 0.15) is 10.8 Å². The Kier molecular flexibility index (Phi) is 7.70. The predicted molar refractivity (Wildman–Crippen MR) is 135 cm³/mol. The van der Waals surface area contributed by atoms with Gasteiger partial charge in [0.2, 0.25) is 5.13 Å². The highest BCUT2D eigenvalue weighted by molar-refractivity contribution is 9.10. The molecule has 11 heteroatoms. The molecular formula is C24H16BrN5O4S. The molecule has 0 unspecified atom stereocenters. The van der Waals surface area contributed by atoms with E-state index in [4.69, 9.17) is 4.74 Å². The molecule has 0 saturated heterocycles. The molecule has 2 N–H and O–H groups in total. The molecule has 4 rings (SSSR count). The van der Waals surface area contributed by atoms with Gasteiger partial charge in [0, 0.05) is 10.0 Å². The second-order valence-corrected chi connectivity index (χ2v) is 8.70. The van der Waals surface area contributed by atoms with Gasteiger partial charge < -0.3 is 4.74 Å². The lowest BCUT2D eigenvalue weighted by Crippen LogP contribution is -2.32. The number of hydrogen-bond acceptors (Lipinski definition) is 8. The van der Waals surface area contributed by atoms with Crippen molar-refractivity contribution in [1.29, 1.82) is 0 Å². The minimum Gasteiger partial charge on any atom is -0.423 e. The molecule has 0 fully saturated rings. The molecule has 3 aromatic carbocycles. The third-order valence-electron chi connectivity index (χ3n) is 4.44. The van der Waals surface area contributed by atoms with E-state index in [1.807, 2.05) is 30.3 Å². The number of benzene rings is 3. The molecule has 0 aliphatic carbocycles. The molecule has 9 nitrogen and oxygen atoms in total. The monoisotopic (exact) mass is 549 g/mol. The first-order chi connectivity index (χ1) is 17.0. The Balaban J connectivity index is 1.27. The first kappa shape index (κ1) is 23.9. The number of esters is 1. The number of aromatic nitrogens is 2. The van der Waals surface area contributed by atoms with Gasteiger partial charge in [0.05, 0.1) is 11.8 Å². The van der Waals surface area contributed by atoms with Gasteiger partial charge in [-0.1, -0.05) is 53.8 Å². The topological polar surface area (TPSA) is 123 Å². The van der Waals surface area contributed by atoms with Crippen molar-refractivity contribution >= 4 is 56.4 Å². The number of carbonyl (C=O) groups is 3. The smallest absolute Gasteiger partial charge is 0.344 e. The van der Waals surface area contributed by atoms with Gasteiger partial charge in [-0.05, 0) is 57.9 Å². The molecule has 0 atom stereocenters. The average molecular weight is 550 g/mol. The summed E-state index contributed by atoms with van der Waals surface area (Å²) in [6, 6.07) is 22.8. The zero-order valence-electron chi connectivity index (χ0n) is 17.8. The second kappa shape index (κ2) is 11.3. The van der Waals surface area contributed by atoms with Crippen LogP contribution in [0.5, 0.6) is 5.75 Å². The highest BCUT2D eigenvalue weighted by atomic mass is 79.9. The van der Waals surface area contributed by atoms with Crippen molar-refractivity contribution < 1.29 is 19.1 Å². The van der Waals surface area contributed by atoms with Gasteiger partial charge in [0.15, 0.2) is 0 Å². The molecule has 0 bridgehead atoms. The van der Waals surface area contributed by atoms with Crippen molar-refractivity contribution in [3.63, 3.8) is 0 Å². The molecule has 0 radical (unpaired) electrons. The molecule has 0 spiro atoms. The third kappa shape index (κ3) is 6.43. The highest BCUT2D eigenvalue weighted by Gasteiger charge is 2.16. The Hall–Kier alpha value is -4.22. The zero-order chi connectivity index (χ0) is 24.6. The molecule has 1 aromatic heterocycles. The summed E-state index contributed by atoms with van der Waals surface area (Å²) in [5, 5.41) is 14.9. The quantitative estimate of drug-likeness (QED) is 0.122. The minimum atomic E-state index is -0.961. The lowest BCUT2D eigenvalue weighted by Gasteiger charge is -2.06. The number of amides is 2. The molecule has 0 aliphatic heterocycles. The molecular weight excluding hydrogens is 534 g/mol. The first-order valence-corrected chi connectivity index (χ1v) is 11.7. The molecule has 4 aromatic rings.